The van der Waals surface area contributed by atoms with Crippen LogP contribution >= 0.6 is 15.9 Å². The lowest BCUT2D eigenvalue weighted by molar-refractivity contribution is 0.303. The van der Waals surface area contributed by atoms with Gasteiger partial charge in [0, 0.05) is 35.9 Å². The smallest absolute Gasteiger partial charge is 0.0534 e. The van der Waals surface area contributed by atoms with Gasteiger partial charge < -0.3 is 10.2 Å². The molecule has 1 N–H and O–H groups in total. The van der Waals surface area contributed by atoms with Crippen molar-refractivity contribution in [3.63, 3.8) is 0 Å². The van der Waals surface area contributed by atoms with Gasteiger partial charge in [0.1, 0.15) is 0 Å². The van der Waals surface area contributed by atoms with E-state index in [9.17, 15) is 0 Å². The van der Waals surface area contributed by atoms with Crippen molar-refractivity contribution in [2.75, 3.05) is 20.6 Å². The van der Waals surface area contributed by atoms with E-state index in [1.807, 2.05) is 25.0 Å². The zero-order valence-electron chi connectivity index (χ0n) is 12.9. The molecule has 2 aromatic rings. The molecule has 0 amide bonds. The van der Waals surface area contributed by atoms with E-state index < -0.39 is 0 Å². The largest absolute Gasteiger partial charge is 0.313 e. The zero-order valence-corrected chi connectivity index (χ0v) is 14.5. The highest BCUT2D eigenvalue weighted by atomic mass is 79.9. The van der Waals surface area contributed by atoms with Crippen LogP contribution in [0.3, 0.4) is 0 Å². The summed E-state index contributed by atoms with van der Waals surface area (Å²) < 4.78 is 3.01. The highest BCUT2D eigenvalue weighted by Crippen LogP contribution is 2.25. The standard InChI is InChI=1S/C16H23BrN4/c1-18-16(14-6-4-5-7-15(14)17)8-9-20(2)11-13-10-19-21(3)12-13/h4-7,10,12,16,18H,8-9,11H2,1-3H3. The van der Waals surface area contributed by atoms with E-state index in [1.165, 1.54) is 15.6 Å². The quantitative estimate of drug-likeness (QED) is 0.833. The fourth-order valence-corrected chi connectivity index (χ4v) is 3.07. The summed E-state index contributed by atoms with van der Waals surface area (Å²) in [6.07, 6.45) is 5.07. The van der Waals surface area contributed by atoms with Crippen LogP contribution in [0.25, 0.3) is 0 Å². The molecule has 1 unspecified atom stereocenters. The Morgan fingerprint density at radius 2 is 2.14 bits per heavy atom. The van der Waals surface area contributed by atoms with Crippen molar-refractivity contribution >= 4 is 15.9 Å². The van der Waals surface area contributed by atoms with E-state index in [1.54, 1.807) is 0 Å². The third-order valence-electron chi connectivity index (χ3n) is 3.64. The molecule has 0 spiro atoms. The van der Waals surface area contributed by atoms with Crippen molar-refractivity contribution in [3.05, 3.63) is 52.3 Å². The first-order valence-electron chi connectivity index (χ1n) is 7.18. The van der Waals surface area contributed by atoms with Gasteiger partial charge in [0.15, 0.2) is 0 Å². The number of aryl methyl sites for hydroxylation is 1. The van der Waals surface area contributed by atoms with E-state index in [2.05, 4.69) is 68.8 Å². The van der Waals surface area contributed by atoms with Crippen molar-refractivity contribution in [2.24, 2.45) is 7.05 Å². The average Bonchev–Trinajstić information content (AvgIpc) is 2.86. The second-order valence-electron chi connectivity index (χ2n) is 5.41. The van der Waals surface area contributed by atoms with Crippen molar-refractivity contribution < 1.29 is 0 Å². The fourth-order valence-electron chi connectivity index (χ4n) is 2.51. The van der Waals surface area contributed by atoms with Crippen molar-refractivity contribution in [1.29, 1.82) is 0 Å². The Balaban J connectivity index is 1.89. The van der Waals surface area contributed by atoms with Gasteiger partial charge in [0.05, 0.1) is 6.20 Å². The Morgan fingerprint density at radius 3 is 2.76 bits per heavy atom. The topological polar surface area (TPSA) is 33.1 Å². The number of benzene rings is 1. The van der Waals surface area contributed by atoms with Crippen LogP contribution in [0.1, 0.15) is 23.6 Å². The third-order valence-corrected chi connectivity index (χ3v) is 4.36. The zero-order chi connectivity index (χ0) is 15.2. The molecule has 21 heavy (non-hydrogen) atoms. The number of halogens is 1. The number of hydrogen-bond donors (Lipinski definition) is 1. The van der Waals surface area contributed by atoms with E-state index in [-0.39, 0.29) is 0 Å². The summed E-state index contributed by atoms with van der Waals surface area (Å²) in [6, 6.07) is 8.77. The maximum atomic E-state index is 4.21. The van der Waals surface area contributed by atoms with Gasteiger partial charge >= 0.3 is 0 Å². The predicted molar refractivity (Wildman–Crippen MR) is 90.1 cm³/mol. The van der Waals surface area contributed by atoms with Gasteiger partial charge in [0.25, 0.3) is 0 Å². The highest BCUT2D eigenvalue weighted by Gasteiger charge is 2.13. The number of aromatic nitrogens is 2. The minimum Gasteiger partial charge on any atom is -0.313 e. The summed E-state index contributed by atoms with van der Waals surface area (Å²) >= 11 is 3.64. The normalized spacial score (nSPS) is 12.8. The molecule has 0 saturated heterocycles. The second kappa shape index (κ2) is 7.73. The van der Waals surface area contributed by atoms with Crippen LogP contribution in [-0.4, -0.2) is 35.3 Å². The van der Waals surface area contributed by atoms with Crippen LogP contribution in [-0.2, 0) is 13.6 Å². The molecular weight excluding hydrogens is 328 g/mol. The molecule has 0 bridgehead atoms. The Kier molecular flexibility index (Phi) is 5.96. The molecule has 1 aromatic heterocycles. The minimum atomic E-state index is 0.358. The monoisotopic (exact) mass is 350 g/mol. The maximum Gasteiger partial charge on any atom is 0.0534 e. The van der Waals surface area contributed by atoms with Crippen LogP contribution in [0.2, 0.25) is 0 Å². The third kappa shape index (κ3) is 4.66. The summed E-state index contributed by atoms with van der Waals surface area (Å²) in [5.74, 6) is 0. The fraction of sp³-hybridized carbons (Fsp3) is 0.438. The molecule has 0 radical (unpaired) electrons. The molecule has 1 aromatic carbocycles. The van der Waals surface area contributed by atoms with Gasteiger partial charge in [-0.15, -0.1) is 0 Å². The van der Waals surface area contributed by atoms with Crippen LogP contribution in [0.5, 0.6) is 0 Å². The van der Waals surface area contributed by atoms with Gasteiger partial charge in [0.2, 0.25) is 0 Å². The highest BCUT2D eigenvalue weighted by molar-refractivity contribution is 9.10. The number of rotatable bonds is 7. The summed E-state index contributed by atoms with van der Waals surface area (Å²) in [4.78, 5) is 2.33. The summed E-state index contributed by atoms with van der Waals surface area (Å²) in [5, 5.41) is 7.62. The SMILES string of the molecule is CNC(CCN(C)Cc1cnn(C)c1)c1ccccc1Br. The van der Waals surface area contributed by atoms with Crippen molar-refractivity contribution in [3.8, 4) is 0 Å². The average molecular weight is 351 g/mol. The first-order valence-corrected chi connectivity index (χ1v) is 7.97. The van der Waals surface area contributed by atoms with E-state index in [0.29, 0.717) is 6.04 Å². The van der Waals surface area contributed by atoms with Gasteiger partial charge in [-0.3, -0.25) is 4.68 Å². The lowest BCUT2D eigenvalue weighted by atomic mass is 10.0. The minimum absolute atomic E-state index is 0.358. The number of nitrogens with zero attached hydrogens (tertiary/aromatic N) is 3. The van der Waals surface area contributed by atoms with Crippen LogP contribution in [0, 0.1) is 0 Å². The van der Waals surface area contributed by atoms with E-state index in [4.69, 9.17) is 0 Å². The molecule has 1 heterocycles. The molecule has 5 heteroatoms. The van der Waals surface area contributed by atoms with Crippen LogP contribution < -0.4 is 5.32 Å². The van der Waals surface area contributed by atoms with Gasteiger partial charge in [-0.2, -0.15) is 5.10 Å². The molecule has 2 rings (SSSR count). The molecule has 0 fully saturated rings. The molecule has 0 aliphatic rings. The predicted octanol–water partition coefficient (Wildman–Crippen LogP) is 2.97. The molecule has 4 nitrogen and oxygen atoms in total. The molecular formula is C16H23BrN4. The summed E-state index contributed by atoms with van der Waals surface area (Å²) in [7, 11) is 6.12. The van der Waals surface area contributed by atoms with Crippen molar-refractivity contribution in [1.82, 2.24) is 20.0 Å². The van der Waals surface area contributed by atoms with Gasteiger partial charge in [-0.1, -0.05) is 34.1 Å². The second-order valence-corrected chi connectivity index (χ2v) is 6.27. The van der Waals surface area contributed by atoms with Crippen LogP contribution in [0.15, 0.2) is 41.1 Å². The Morgan fingerprint density at radius 1 is 1.38 bits per heavy atom. The van der Waals surface area contributed by atoms with Crippen molar-refractivity contribution in [2.45, 2.75) is 19.0 Å². The number of nitrogens with one attached hydrogen (secondary N) is 1. The Hall–Kier alpha value is -1.17. The first kappa shape index (κ1) is 16.2. The molecule has 0 aliphatic heterocycles. The molecule has 0 aliphatic carbocycles. The van der Waals surface area contributed by atoms with E-state index >= 15 is 0 Å². The molecule has 114 valence electrons. The van der Waals surface area contributed by atoms with E-state index in [0.717, 1.165) is 19.5 Å². The molecule has 1 atom stereocenters. The van der Waals surface area contributed by atoms with Gasteiger partial charge in [-0.05, 0) is 38.7 Å². The Labute approximate surface area is 135 Å². The molecule has 0 saturated carbocycles. The van der Waals surface area contributed by atoms with Gasteiger partial charge in [-0.25, -0.2) is 0 Å². The lowest BCUT2D eigenvalue weighted by Crippen LogP contribution is -2.25. The summed E-state index contributed by atoms with van der Waals surface area (Å²) in [5.41, 5.74) is 2.57. The number of hydrogen-bond acceptors (Lipinski definition) is 3. The summed E-state index contributed by atoms with van der Waals surface area (Å²) in [6.45, 7) is 1.96. The Bertz CT molecular complexity index is 567. The first-order chi connectivity index (χ1) is 10.1. The maximum absolute atomic E-state index is 4.21. The lowest BCUT2D eigenvalue weighted by Gasteiger charge is -2.22. The van der Waals surface area contributed by atoms with Crippen LogP contribution in [0.4, 0.5) is 0 Å².